The van der Waals surface area contributed by atoms with Gasteiger partial charge in [0.15, 0.2) is 0 Å². The lowest BCUT2D eigenvalue weighted by Gasteiger charge is -2.44. The molecule has 0 aromatic heterocycles. The molecule has 6 nitrogen and oxygen atoms in total. The summed E-state index contributed by atoms with van der Waals surface area (Å²) in [7, 11) is 0. The summed E-state index contributed by atoms with van der Waals surface area (Å²) in [6.45, 7) is -1.64. The van der Waals surface area contributed by atoms with E-state index in [1.54, 1.807) is 60.7 Å². The molecule has 0 unspecified atom stereocenters. The molecule has 0 bridgehead atoms. The number of hydrogen-bond donors (Lipinski definition) is 6. The Labute approximate surface area is 146 Å². The van der Waals surface area contributed by atoms with Crippen LogP contribution >= 0.6 is 0 Å². The van der Waals surface area contributed by atoms with E-state index < -0.39 is 43.0 Å². The van der Waals surface area contributed by atoms with E-state index in [1.165, 1.54) is 0 Å². The standard InChI is InChI=1S/C19H24O6/c20-11-15(22)18(24)19(25,16(23)12-21)17(13-7-3-1-4-8-13)14-9-5-2-6-10-14/h1-10,15-18,20-25H,11-12H2/t15-,16+,18+,19-/m0/s1. The maximum atomic E-state index is 11.3. The molecule has 2 aromatic rings. The fraction of sp³-hybridized carbons (Fsp3) is 0.368. The second-order valence-electron chi connectivity index (χ2n) is 6.03. The zero-order chi connectivity index (χ0) is 18.4. The van der Waals surface area contributed by atoms with E-state index in [9.17, 15) is 30.6 Å². The Kier molecular flexibility index (Phi) is 6.66. The predicted molar refractivity (Wildman–Crippen MR) is 91.9 cm³/mol. The minimum absolute atomic E-state index is 0.577. The van der Waals surface area contributed by atoms with Crippen molar-refractivity contribution in [2.75, 3.05) is 13.2 Å². The van der Waals surface area contributed by atoms with Crippen molar-refractivity contribution in [1.82, 2.24) is 0 Å². The van der Waals surface area contributed by atoms with Crippen LogP contribution in [0.1, 0.15) is 17.0 Å². The summed E-state index contributed by atoms with van der Waals surface area (Å²) in [4.78, 5) is 0. The van der Waals surface area contributed by atoms with Crippen LogP contribution in [0, 0.1) is 0 Å². The molecule has 0 radical (unpaired) electrons. The van der Waals surface area contributed by atoms with E-state index >= 15 is 0 Å². The highest BCUT2D eigenvalue weighted by atomic mass is 16.4. The van der Waals surface area contributed by atoms with Gasteiger partial charge in [-0.15, -0.1) is 0 Å². The Morgan fingerprint density at radius 2 is 1.16 bits per heavy atom. The van der Waals surface area contributed by atoms with Gasteiger partial charge in [0.05, 0.1) is 13.2 Å². The normalized spacial score (nSPS) is 17.7. The van der Waals surface area contributed by atoms with Gasteiger partial charge in [-0.05, 0) is 11.1 Å². The van der Waals surface area contributed by atoms with E-state index in [0.717, 1.165) is 0 Å². The first-order chi connectivity index (χ1) is 12.0. The van der Waals surface area contributed by atoms with Gasteiger partial charge in [0.1, 0.15) is 23.9 Å². The van der Waals surface area contributed by atoms with Gasteiger partial charge < -0.3 is 30.6 Å². The predicted octanol–water partition coefficient (Wildman–Crippen LogP) is -0.383. The van der Waals surface area contributed by atoms with Crippen LogP contribution in [0.15, 0.2) is 60.7 Å². The molecule has 0 saturated heterocycles. The third kappa shape index (κ3) is 3.90. The van der Waals surface area contributed by atoms with Crippen molar-refractivity contribution in [1.29, 1.82) is 0 Å². The van der Waals surface area contributed by atoms with Gasteiger partial charge in [-0.25, -0.2) is 0 Å². The van der Waals surface area contributed by atoms with Crippen molar-refractivity contribution in [3.05, 3.63) is 71.8 Å². The van der Waals surface area contributed by atoms with Crippen molar-refractivity contribution in [3.8, 4) is 0 Å². The fourth-order valence-corrected chi connectivity index (χ4v) is 3.13. The molecule has 2 aromatic carbocycles. The Hall–Kier alpha value is -1.80. The molecule has 0 aliphatic heterocycles. The van der Waals surface area contributed by atoms with Crippen LogP contribution in [0.2, 0.25) is 0 Å². The van der Waals surface area contributed by atoms with E-state index in [1.807, 2.05) is 0 Å². The highest BCUT2D eigenvalue weighted by molar-refractivity contribution is 5.37. The smallest absolute Gasteiger partial charge is 0.132 e. The van der Waals surface area contributed by atoms with Gasteiger partial charge in [0.2, 0.25) is 0 Å². The van der Waals surface area contributed by atoms with Crippen molar-refractivity contribution in [2.45, 2.75) is 29.8 Å². The summed E-state index contributed by atoms with van der Waals surface area (Å²) < 4.78 is 0. The van der Waals surface area contributed by atoms with E-state index in [-0.39, 0.29) is 0 Å². The first-order valence-electron chi connectivity index (χ1n) is 8.05. The average molecular weight is 348 g/mol. The molecular formula is C19H24O6. The topological polar surface area (TPSA) is 121 Å². The molecule has 6 N–H and O–H groups in total. The highest BCUT2D eigenvalue weighted by Gasteiger charge is 2.52. The molecular weight excluding hydrogens is 324 g/mol. The van der Waals surface area contributed by atoms with Gasteiger partial charge in [-0.2, -0.15) is 0 Å². The third-order valence-corrected chi connectivity index (χ3v) is 4.46. The van der Waals surface area contributed by atoms with Crippen molar-refractivity contribution in [3.63, 3.8) is 0 Å². The molecule has 136 valence electrons. The van der Waals surface area contributed by atoms with Crippen LogP contribution in [-0.4, -0.2) is 67.8 Å². The van der Waals surface area contributed by atoms with Gasteiger partial charge in [0.25, 0.3) is 0 Å². The maximum Gasteiger partial charge on any atom is 0.132 e. The first-order valence-corrected chi connectivity index (χ1v) is 8.05. The monoisotopic (exact) mass is 348 g/mol. The molecule has 0 aliphatic carbocycles. The number of aliphatic hydroxyl groups excluding tert-OH is 5. The summed E-state index contributed by atoms with van der Waals surface area (Å²) in [5.41, 5.74) is -1.18. The van der Waals surface area contributed by atoms with Crippen molar-refractivity contribution >= 4 is 0 Å². The van der Waals surface area contributed by atoms with Gasteiger partial charge in [0, 0.05) is 5.92 Å². The minimum atomic E-state index is -2.33. The van der Waals surface area contributed by atoms with E-state index in [2.05, 4.69) is 0 Å². The zero-order valence-electron chi connectivity index (χ0n) is 13.7. The minimum Gasteiger partial charge on any atom is -0.394 e. The van der Waals surface area contributed by atoms with Crippen LogP contribution in [0.25, 0.3) is 0 Å². The van der Waals surface area contributed by atoms with E-state index in [0.29, 0.717) is 11.1 Å². The van der Waals surface area contributed by atoms with Crippen LogP contribution in [0.4, 0.5) is 0 Å². The lowest BCUT2D eigenvalue weighted by Crippen LogP contribution is -2.62. The molecule has 0 heterocycles. The van der Waals surface area contributed by atoms with Crippen molar-refractivity contribution in [2.24, 2.45) is 0 Å². The summed E-state index contributed by atoms with van der Waals surface area (Å²) in [6.07, 6.45) is -5.35. The Morgan fingerprint density at radius 1 is 0.720 bits per heavy atom. The number of benzene rings is 2. The van der Waals surface area contributed by atoms with E-state index in [4.69, 9.17) is 0 Å². The second kappa shape index (κ2) is 8.53. The van der Waals surface area contributed by atoms with Crippen LogP contribution in [0.5, 0.6) is 0 Å². The third-order valence-electron chi connectivity index (χ3n) is 4.46. The number of rotatable bonds is 8. The summed E-state index contributed by atoms with van der Waals surface area (Å²) >= 11 is 0. The molecule has 6 heteroatoms. The Morgan fingerprint density at radius 3 is 1.52 bits per heavy atom. The van der Waals surface area contributed by atoms with Crippen LogP contribution in [0.3, 0.4) is 0 Å². The fourth-order valence-electron chi connectivity index (χ4n) is 3.13. The highest BCUT2D eigenvalue weighted by Crippen LogP contribution is 2.40. The van der Waals surface area contributed by atoms with Gasteiger partial charge in [-0.3, -0.25) is 0 Å². The van der Waals surface area contributed by atoms with Crippen molar-refractivity contribution < 1.29 is 30.6 Å². The van der Waals surface area contributed by atoms with Crippen LogP contribution < -0.4 is 0 Å². The number of hydrogen-bond acceptors (Lipinski definition) is 6. The number of aliphatic hydroxyl groups is 6. The Balaban J connectivity index is 2.65. The average Bonchev–Trinajstić information content (AvgIpc) is 2.67. The maximum absolute atomic E-state index is 11.3. The molecule has 25 heavy (non-hydrogen) atoms. The SMILES string of the molecule is OC[C@@H](O)[C@](O)(C(c1ccccc1)c1ccccc1)[C@H](O)[C@@H](O)CO. The summed E-state index contributed by atoms with van der Waals surface area (Å²) in [6, 6.07) is 17.4. The lowest BCUT2D eigenvalue weighted by molar-refractivity contribution is -0.196. The first kappa shape index (κ1) is 19.5. The second-order valence-corrected chi connectivity index (χ2v) is 6.03. The Bertz CT molecular complexity index is 595. The molecule has 0 amide bonds. The molecule has 0 saturated carbocycles. The quantitative estimate of drug-likeness (QED) is 0.387. The molecule has 0 fully saturated rings. The zero-order valence-corrected chi connectivity index (χ0v) is 13.7. The molecule has 2 rings (SSSR count). The molecule has 0 aliphatic rings. The van der Waals surface area contributed by atoms with Gasteiger partial charge in [-0.1, -0.05) is 60.7 Å². The van der Waals surface area contributed by atoms with Gasteiger partial charge >= 0.3 is 0 Å². The lowest BCUT2D eigenvalue weighted by atomic mass is 9.70. The summed E-state index contributed by atoms with van der Waals surface area (Å²) in [5.74, 6) is -0.951. The van der Waals surface area contributed by atoms with Crippen LogP contribution in [-0.2, 0) is 0 Å². The summed E-state index contributed by atoms with van der Waals surface area (Å²) in [5, 5.41) is 60.6. The molecule has 0 spiro atoms. The molecule has 4 atom stereocenters. The largest absolute Gasteiger partial charge is 0.394 e.